The van der Waals surface area contributed by atoms with E-state index in [1.807, 2.05) is 0 Å². The first-order valence-corrected chi connectivity index (χ1v) is 5.49. The Balaban J connectivity index is 2.31. The third-order valence-corrected chi connectivity index (χ3v) is 2.84. The molecule has 0 saturated carbocycles. The van der Waals surface area contributed by atoms with Crippen LogP contribution in [0.25, 0.3) is 0 Å². The van der Waals surface area contributed by atoms with Gasteiger partial charge in [-0.05, 0) is 13.8 Å². The quantitative estimate of drug-likeness (QED) is 0.648. The summed E-state index contributed by atoms with van der Waals surface area (Å²) in [6.07, 6.45) is 0.638. The molecule has 1 atom stereocenters. The summed E-state index contributed by atoms with van der Waals surface area (Å²) in [6, 6.07) is 0. The third kappa shape index (κ3) is 3.43. The highest BCUT2D eigenvalue weighted by Crippen LogP contribution is 2.19. The van der Waals surface area contributed by atoms with Crippen molar-refractivity contribution in [2.24, 2.45) is 5.41 Å². The van der Waals surface area contributed by atoms with Crippen molar-refractivity contribution in [1.29, 1.82) is 0 Å². The molecular formula is C11H21NO4. The first kappa shape index (κ1) is 13.4. The summed E-state index contributed by atoms with van der Waals surface area (Å²) in [7, 11) is 1.38. The molecule has 0 aromatic rings. The number of carbonyl (C=O) groups is 1. The predicted octanol–water partition coefficient (Wildman–Crippen LogP) is -0.0734. The summed E-state index contributed by atoms with van der Waals surface area (Å²) in [6.45, 7) is 5.48. The van der Waals surface area contributed by atoms with E-state index >= 15 is 0 Å². The molecule has 1 saturated heterocycles. The van der Waals surface area contributed by atoms with Gasteiger partial charge >= 0.3 is 5.97 Å². The van der Waals surface area contributed by atoms with Gasteiger partial charge in [-0.25, -0.2) is 0 Å². The summed E-state index contributed by atoms with van der Waals surface area (Å²) in [5, 5.41) is 13.1. The number of nitrogens with one attached hydrogen (secondary N) is 1. The largest absolute Gasteiger partial charge is 0.469 e. The zero-order chi connectivity index (χ0) is 12.2. The van der Waals surface area contributed by atoms with E-state index in [1.54, 1.807) is 13.8 Å². The van der Waals surface area contributed by atoms with Crippen molar-refractivity contribution in [3.63, 3.8) is 0 Å². The van der Waals surface area contributed by atoms with Crippen molar-refractivity contribution in [1.82, 2.24) is 5.32 Å². The Kier molecular flexibility index (Phi) is 4.29. The Bertz CT molecular complexity index is 246. The molecule has 94 valence electrons. The Hall–Kier alpha value is -0.650. The molecule has 0 radical (unpaired) electrons. The standard InChI is InChI=1S/C11H21NO4/c1-10(2,9(13)15-3)6-12-7-11(14)4-5-16-8-11/h12,14H,4-8H2,1-3H3. The summed E-state index contributed by atoms with van der Waals surface area (Å²) < 4.78 is 9.83. The molecule has 5 heteroatoms. The van der Waals surface area contributed by atoms with Crippen LogP contribution in [0.3, 0.4) is 0 Å². The van der Waals surface area contributed by atoms with E-state index in [9.17, 15) is 9.90 Å². The van der Waals surface area contributed by atoms with Gasteiger partial charge in [0.15, 0.2) is 0 Å². The molecule has 1 heterocycles. The van der Waals surface area contributed by atoms with E-state index < -0.39 is 11.0 Å². The maximum absolute atomic E-state index is 11.4. The van der Waals surface area contributed by atoms with Crippen molar-refractivity contribution >= 4 is 5.97 Å². The molecule has 1 aliphatic rings. The molecule has 1 unspecified atom stereocenters. The van der Waals surface area contributed by atoms with Gasteiger partial charge in [0.2, 0.25) is 0 Å². The molecule has 0 aromatic heterocycles. The van der Waals surface area contributed by atoms with Gasteiger partial charge in [-0.3, -0.25) is 4.79 Å². The number of methoxy groups -OCH3 is 1. The lowest BCUT2D eigenvalue weighted by Crippen LogP contribution is -2.45. The Morgan fingerprint density at radius 2 is 2.31 bits per heavy atom. The van der Waals surface area contributed by atoms with Gasteiger partial charge in [0.1, 0.15) is 5.60 Å². The van der Waals surface area contributed by atoms with Gasteiger partial charge in [-0.2, -0.15) is 0 Å². The zero-order valence-corrected chi connectivity index (χ0v) is 10.2. The van der Waals surface area contributed by atoms with Crippen LogP contribution in [0.15, 0.2) is 0 Å². The Morgan fingerprint density at radius 1 is 1.62 bits per heavy atom. The fourth-order valence-electron chi connectivity index (χ4n) is 1.69. The van der Waals surface area contributed by atoms with Crippen molar-refractivity contribution in [2.45, 2.75) is 25.9 Å². The normalized spacial score (nSPS) is 25.8. The highest BCUT2D eigenvalue weighted by atomic mass is 16.5. The lowest BCUT2D eigenvalue weighted by molar-refractivity contribution is -0.150. The van der Waals surface area contributed by atoms with Crippen LogP contribution in [0.2, 0.25) is 0 Å². The second-order valence-corrected chi connectivity index (χ2v) is 5.01. The lowest BCUT2D eigenvalue weighted by atomic mass is 9.93. The molecular weight excluding hydrogens is 210 g/mol. The second-order valence-electron chi connectivity index (χ2n) is 5.01. The number of ether oxygens (including phenoxy) is 2. The van der Waals surface area contributed by atoms with Crippen molar-refractivity contribution in [2.75, 3.05) is 33.4 Å². The van der Waals surface area contributed by atoms with E-state index in [2.05, 4.69) is 5.32 Å². The minimum absolute atomic E-state index is 0.255. The highest BCUT2D eigenvalue weighted by molar-refractivity contribution is 5.76. The van der Waals surface area contributed by atoms with E-state index in [0.717, 1.165) is 0 Å². The van der Waals surface area contributed by atoms with Crippen LogP contribution in [-0.4, -0.2) is 50.1 Å². The predicted molar refractivity (Wildman–Crippen MR) is 59.1 cm³/mol. The summed E-state index contributed by atoms with van der Waals surface area (Å²) in [5.74, 6) is -0.255. The molecule has 5 nitrogen and oxygen atoms in total. The van der Waals surface area contributed by atoms with Crippen LogP contribution in [0.4, 0.5) is 0 Å². The van der Waals surface area contributed by atoms with Crippen molar-refractivity contribution in [3.05, 3.63) is 0 Å². The SMILES string of the molecule is COC(=O)C(C)(C)CNCC1(O)CCOC1. The molecule has 0 spiro atoms. The monoisotopic (exact) mass is 231 g/mol. The maximum atomic E-state index is 11.4. The molecule has 1 fully saturated rings. The maximum Gasteiger partial charge on any atom is 0.312 e. The number of aliphatic hydroxyl groups is 1. The van der Waals surface area contributed by atoms with Crippen molar-refractivity contribution in [3.8, 4) is 0 Å². The highest BCUT2D eigenvalue weighted by Gasteiger charge is 2.34. The molecule has 1 rings (SSSR count). The Labute approximate surface area is 96.1 Å². The fourth-order valence-corrected chi connectivity index (χ4v) is 1.69. The van der Waals surface area contributed by atoms with Gasteiger partial charge in [-0.15, -0.1) is 0 Å². The molecule has 0 bridgehead atoms. The van der Waals surface area contributed by atoms with Crippen LogP contribution in [0, 0.1) is 5.41 Å². The lowest BCUT2D eigenvalue weighted by Gasteiger charge is -2.26. The molecule has 1 aliphatic heterocycles. The number of carbonyl (C=O) groups excluding carboxylic acids is 1. The van der Waals surface area contributed by atoms with Gasteiger partial charge in [0.05, 0.1) is 19.1 Å². The number of hydrogen-bond acceptors (Lipinski definition) is 5. The van der Waals surface area contributed by atoms with Crippen LogP contribution in [0.1, 0.15) is 20.3 Å². The molecule has 0 aliphatic carbocycles. The van der Waals surface area contributed by atoms with Crippen LogP contribution in [0.5, 0.6) is 0 Å². The number of rotatable bonds is 5. The minimum atomic E-state index is -0.786. The average molecular weight is 231 g/mol. The van der Waals surface area contributed by atoms with E-state index in [1.165, 1.54) is 7.11 Å². The average Bonchev–Trinajstić information content (AvgIpc) is 2.63. The van der Waals surface area contributed by atoms with E-state index in [-0.39, 0.29) is 5.97 Å². The van der Waals surface area contributed by atoms with Crippen LogP contribution < -0.4 is 5.32 Å². The number of esters is 1. The summed E-state index contributed by atoms with van der Waals surface area (Å²) in [5.41, 5.74) is -1.36. The van der Waals surface area contributed by atoms with Gasteiger partial charge in [-0.1, -0.05) is 0 Å². The molecule has 16 heavy (non-hydrogen) atoms. The molecule has 2 N–H and O–H groups in total. The van der Waals surface area contributed by atoms with Gasteiger partial charge < -0.3 is 19.9 Å². The molecule has 0 amide bonds. The minimum Gasteiger partial charge on any atom is -0.469 e. The summed E-state index contributed by atoms with van der Waals surface area (Å²) in [4.78, 5) is 11.4. The van der Waals surface area contributed by atoms with Crippen LogP contribution in [-0.2, 0) is 14.3 Å². The van der Waals surface area contributed by atoms with Gasteiger partial charge in [0.25, 0.3) is 0 Å². The van der Waals surface area contributed by atoms with Crippen molar-refractivity contribution < 1.29 is 19.4 Å². The smallest absolute Gasteiger partial charge is 0.312 e. The first-order valence-electron chi connectivity index (χ1n) is 5.49. The zero-order valence-electron chi connectivity index (χ0n) is 10.2. The first-order chi connectivity index (χ1) is 7.40. The third-order valence-electron chi connectivity index (χ3n) is 2.84. The second kappa shape index (κ2) is 5.12. The van der Waals surface area contributed by atoms with E-state index in [4.69, 9.17) is 9.47 Å². The Morgan fingerprint density at radius 3 is 2.81 bits per heavy atom. The molecule has 0 aromatic carbocycles. The fraction of sp³-hybridized carbons (Fsp3) is 0.909. The van der Waals surface area contributed by atoms with Gasteiger partial charge in [0, 0.05) is 26.1 Å². The van der Waals surface area contributed by atoms with Crippen LogP contribution >= 0.6 is 0 Å². The number of hydrogen-bond donors (Lipinski definition) is 2. The summed E-state index contributed by atoms with van der Waals surface area (Å²) >= 11 is 0. The topological polar surface area (TPSA) is 67.8 Å². The van der Waals surface area contributed by atoms with E-state index in [0.29, 0.717) is 32.7 Å².